The van der Waals surface area contributed by atoms with Gasteiger partial charge in [-0.1, -0.05) is 0 Å². The summed E-state index contributed by atoms with van der Waals surface area (Å²) in [7, 11) is 3.80. The summed E-state index contributed by atoms with van der Waals surface area (Å²) in [5.41, 5.74) is 7.33. The van der Waals surface area contributed by atoms with Crippen LogP contribution < -0.4 is 16.0 Å². The average Bonchev–Trinajstić information content (AvgIpc) is 2.91. The predicted molar refractivity (Wildman–Crippen MR) is 102 cm³/mol. The highest BCUT2D eigenvalue weighted by Crippen LogP contribution is 2.33. The zero-order chi connectivity index (χ0) is 19.4. The monoisotopic (exact) mass is 375 g/mol. The van der Waals surface area contributed by atoms with E-state index >= 15 is 0 Å². The highest BCUT2D eigenvalue weighted by molar-refractivity contribution is 7.18. The fourth-order valence-corrected chi connectivity index (χ4v) is 3.48. The topological polar surface area (TPSA) is 102 Å². The molecular formula is C18H21N3O4S. The molecule has 0 spiro atoms. The molecule has 1 aromatic carbocycles. The van der Waals surface area contributed by atoms with Crippen LogP contribution in [0.4, 0.5) is 10.7 Å². The molecule has 0 saturated heterocycles. The average molecular weight is 375 g/mol. The molecule has 0 atom stereocenters. The molecule has 8 heteroatoms. The summed E-state index contributed by atoms with van der Waals surface area (Å²) in [5, 5.41) is 2.91. The summed E-state index contributed by atoms with van der Waals surface area (Å²) >= 11 is 0.978. The number of thiophene rings is 1. The Balaban J connectivity index is 2.32. The summed E-state index contributed by atoms with van der Waals surface area (Å²) in [6, 6.07) is 6.99. The molecule has 138 valence electrons. The molecule has 0 bridgehead atoms. The molecular weight excluding hydrogens is 354 g/mol. The van der Waals surface area contributed by atoms with Crippen molar-refractivity contribution in [3.63, 3.8) is 0 Å². The van der Waals surface area contributed by atoms with E-state index in [9.17, 15) is 14.4 Å². The first-order chi connectivity index (χ1) is 12.3. The Bertz CT molecular complexity index is 841. The van der Waals surface area contributed by atoms with E-state index in [1.165, 1.54) is 0 Å². The maximum absolute atomic E-state index is 12.5. The standard InChI is InChI=1S/C18H21N3O4S/c1-5-25-18(24)14-10(2)13(15(19)22)17(26-14)20-16(23)11-6-8-12(9-7-11)21(3)4/h6-9H,5H2,1-4H3,(H2,19,22)(H,20,23). The molecule has 2 amide bonds. The van der Waals surface area contributed by atoms with Crippen molar-refractivity contribution in [3.05, 3.63) is 45.8 Å². The zero-order valence-electron chi connectivity index (χ0n) is 15.1. The number of hydrogen-bond donors (Lipinski definition) is 2. The van der Waals surface area contributed by atoms with Crippen LogP contribution in [-0.2, 0) is 4.74 Å². The van der Waals surface area contributed by atoms with Crippen LogP contribution in [0.2, 0.25) is 0 Å². The second-order valence-corrected chi connectivity index (χ2v) is 6.76. The van der Waals surface area contributed by atoms with Crippen LogP contribution in [0.25, 0.3) is 0 Å². The number of primary amides is 1. The molecule has 1 aromatic heterocycles. The number of ether oxygens (including phenoxy) is 1. The predicted octanol–water partition coefficient (Wildman–Crippen LogP) is 2.65. The van der Waals surface area contributed by atoms with Gasteiger partial charge in [0.25, 0.3) is 11.8 Å². The van der Waals surface area contributed by atoms with Gasteiger partial charge in [-0.05, 0) is 43.7 Å². The number of nitrogens with two attached hydrogens (primary N) is 1. The third-order valence-electron chi connectivity index (χ3n) is 3.73. The van der Waals surface area contributed by atoms with Gasteiger partial charge in [-0.15, -0.1) is 11.3 Å². The highest BCUT2D eigenvalue weighted by atomic mass is 32.1. The van der Waals surface area contributed by atoms with Gasteiger partial charge in [0, 0.05) is 25.3 Å². The lowest BCUT2D eigenvalue weighted by molar-refractivity contribution is 0.0531. The second kappa shape index (κ2) is 8.01. The molecule has 1 heterocycles. The van der Waals surface area contributed by atoms with Crippen molar-refractivity contribution in [2.75, 3.05) is 30.9 Å². The van der Waals surface area contributed by atoms with Gasteiger partial charge in [0.2, 0.25) is 0 Å². The van der Waals surface area contributed by atoms with Crippen LogP contribution in [0, 0.1) is 6.92 Å². The van der Waals surface area contributed by atoms with Gasteiger partial charge in [0.05, 0.1) is 12.2 Å². The Labute approximate surface area is 155 Å². The molecule has 0 aliphatic carbocycles. The molecule has 7 nitrogen and oxygen atoms in total. The van der Waals surface area contributed by atoms with Crippen LogP contribution in [0.3, 0.4) is 0 Å². The van der Waals surface area contributed by atoms with Gasteiger partial charge in [-0.25, -0.2) is 4.79 Å². The van der Waals surface area contributed by atoms with E-state index in [-0.39, 0.29) is 22.0 Å². The van der Waals surface area contributed by atoms with E-state index in [1.807, 2.05) is 31.1 Å². The van der Waals surface area contributed by atoms with Crippen molar-refractivity contribution in [2.45, 2.75) is 13.8 Å². The molecule has 0 unspecified atom stereocenters. The molecule has 0 saturated carbocycles. The van der Waals surface area contributed by atoms with E-state index in [0.29, 0.717) is 11.1 Å². The lowest BCUT2D eigenvalue weighted by Crippen LogP contribution is -2.17. The maximum Gasteiger partial charge on any atom is 0.348 e. The van der Waals surface area contributed by atoms with Crippen molar-refractivity contribution >= 4 is 39.8 Å². The Morgan fingerprint density at radius 3 is 2.31 bits per heavy atom. The molecule has 0 radical (unpaired) electrons. The molecule has 2 rings (SSSR count). The summed E-state index contributed by atoms with van der Waals surface area (Å²) in [6.45, 7) is 3.50. The number of benzene rings is 1. The lowest BCUT2D eigenvalue weighted by Gasteiger charge is -2.12. The largest absolute Gasteiger partial charge is 0.462 e. The van der Waals surface area contributed by atoms with Crippen LogP contribution in [0.15, 0.2) is 24.3 Å². The summed E-state index contributed by atoms with van der Waals surface area (Å²) in [5.74, 6) is -1.66. The number of hydrogen-bond acceptors (Lipinski definition) is 6. The van der Waals surface area contributed by atoms with Gasteiger partial charge < -0.3 is 20.7 Å². The van der Waals surface area contributed by atoms with Gasteiger partial charge in [-0.3, -0.25) is 9.59 Å². The number of anilines is 2. The SMILES string of the molecule is CCOC(=O)c1sc(NC(=O)c2ccc(N(C)C)cc2)c(C(N)=O)c1C. The normalized spacial score (nSPS) is 10.3. The zero-order valence-corrected chi connectivity index (χ0v) is 15.9. The fourth-order valence-electron chi connectivity index (χ4n) is 2.38. The molecule has 26 heavy (non-hydrogen) atoms. The quantitative estimate of drug-likeness (QED) is 0.756. The smallest absolute Gasteiger partial charge is 0.348 e. The fraction of sp³-hybridized carbons (Fsp3) is 0.278. The van der Waals surface area contributed by atoms with Crippen molar-refractivity contribution in [1.82, 2.24) is 0 Å². The molecule has 3 N–H and O–H groups in total. The van der Waals surface area contributed by atoms with Crippen molar-refractivity contribution in [3.8, 4) is 0 Å². The molecule has 0 fully saturated rings. The van der Waals surface area contributed by atoms with Crippen molar-refractivity contribution in [2.24, 2.45) is 5.73 Å². The summed E-state index contributed by atoms with van der Waals surface area (Å²) in [6.07, 6.45) is 0. The maximum atomic E-state index is 12.5. The number of nitrogens with zero attached hydrogens (tertiary/aromatic N) is 1. The van der Waals surface area contributed by atoms with Crippen LogP contribution in [0.5, 0.6) is 0 Å². The lowest BCUT2D eigenvalue weighted by atomic mass is 10.1. The number of amides is 2. The molecule has 0 aliphatic heterocycles. The highest BCUT2D eigenvalue weighted by Gasteiger charge is 2.25. The summed E-state index contributed by atoms with van der Waals surface area (Å²) < 4.78 is 4.98. The first-order valence-electron chi connectivity index (χ1n) is 7.95. The Morgan fingerprint density at radius 2 is 1.81 bits per heavy atom. The minimum absolute atomic E-state index is 0.122. The number of esters is 1. The van der Waals surface area contributed by atoms with Crippen LogP contribution in [0.1, 0.15) is 42.9 Å². The first kappa shape index (κ1) is 19.5. The van der Waals surface area contributed by atoms with E-state index in [4.69, 9.17) is 10.5 Å². The minimum atomic E-state index is -0.715. The second-order valence-electron chi connectivity index (χ2n) is 5.74. The first-order valence-corrected chi connectivity index (χ1v) is 8.77. The number of carbonyl (C=O) groups excluding carboxylic acids is 3. The summed E-state index contributed by atoms with van der Waals surface area (Å²) in [4.78, 5) is 38.5. The third kappa shape index (κ3) is 4.02. The third-order valence-corrected chi connectivity index (χ3v) is 4.91. The van der Waals surface area contributed by atoms with E-state index in [0.717, 1.165) is 17.0 Å². The Hall–Kier alpha value is -2.87. The van der Waals surface area contributed by atoms with Crippen LogP contribution in [-0.4, -0.2) is 38.5 Å². The van der Waals surface area contributed by atoms with E-state index < -0.39 is 17.8 Å². The van der Waals surface area contributed by atoms with Gasteiger partial charge in [0.1, 0.15) is 9.88 Å². The van der Waals surface area contributed by atoms with Gasteiger partial charge in [-0.2, -0.15) is 0 Å². The number of carbonyl (C=O) groups is 3. The minimum Gasteiger partial charge on any atom is -0.462 e. The number of rotatable bonds is 6. The Kier molecular flexibility index (Phi) is 5.99. The van der Waals surface area contributed by atoms with E-state index in [1.54, 1.807) is 26.0 Å². The van der Waals surface area contributed by atoms with Crippen LogP contribution >= 0.6 is 11.3 Å². The van der Waals surface area contributed by atoms with Gasteiger partial charge in [0.15, 0.2) is 0 Å². The Morgan fingerprint density at radius 1 is 1.19 bits per heavy atom. The molecule has 2 aromatic rings. The van der Waals surface area contributed by atoms with Gasteiger partial charge >= 0.3 is 5.97 Å². The van der Waals surface area contributed by atoms with Crippen molar-refractivity contribution < 1.29 is 19.1 Å². The van der Waals surface area contributed by atoms with E-state index in [2.05, 4.69) is 5.32 Å². The number of nitrogens with one attached hydrogen (secondary N) is 1. The molecule has 0 aliphatic rings. The van der Waals surface area contributed by atoms with Crippen molar-refractivity contribution in [1.29, 1.82) is 0 Å².